The molecule has 90 valence electrons. The minimum absolute atomic E-state index is 0.0423. The van der Waals surface area contributed by atoms with Crippen LogP contribution in [-0.4, -0.2) is 30.0 Å². The lowest BCUT2D eigenvalue weighted by atomic mass is 10.0. The Labute approximate surface area is 91.3 Å². The molecule has 0 fully saturated rings. The first kappa shape index (κ1) is 12.8. The summed E-state index contributed by atoms with van der Waals surface area (Å²) in [6.45, 7) is -0.205. The first-order valence-electron chi connectivity index (χ1n) is 4.60. The Bertz CT molecular complexity index is 373. The highest BCUT2D eigenvalue weighted by atomic mass is 19.2. The van der Waals surface area contributed by atoms with Gasteiger partial charge >= 0.3 is 0 Å². The van der Waals surface area contributed by atoms with E-state index in [1.165, 1.54) is 7.11 Å². The van der Waals surface area contributed by atoms with Crippen molar-refractivity contribution in [1.29, 1.82) is 0 Å². The van der Waals surface area contributed by atoms with Crippen molar-refractivity contribution in [3.05, 3.63) is 29.3 Å². The molecule has 0 amide bonds. The molecule has 6 heteroatoms. The van der Waals surface area contributed by atoms with Gasteiger partial charge in [-0.3, -0.25) is 0 Å². The van der Waals surface area contributed by atoms with Crippen LogP contribution >= 0.6 is 0 Å². The normalized spacial score (nSPS) is 14.6. The highest BCUT2D eigenvalue weighted by molar-refractivity contribution is 5.37. The van der Waals surface area contributed by atoms with Crippen molar-refractivity contribution in [1.82, 2.24) is 0 Å². The summed E-state index contributed by atoms with van der Waals surface area (Å²) in [5, 5.41) is 18.9. The van der Waals surface area contributed by atoms with Gasteiger partial charge in [0.25, 0.3) is 0 Å². The number of aliphatic hydroxyl groups excluding tert-OH is 2. The monoisotopic (exact) mass is 233 g/mol. The van der Waals surface area contributed by atoms with Crippen molar-refractivity contribution in [2.24, 2.45) is 5.73 Å². The zero-order valence-corrected chi connectivity index (χ0v) is 8.65. The van der Waals surface area contributed by atoms with Crippen LogP contribution in [0.4, 0.5) is 8.78 Å². The molecule has 0 aliphatic heterocycles. The molecule has 1 rings (SSSR count). The Balaban J connectivity index is 3.16. The quantitative estimate of drug-likeness (QED) is 0.700. The largest absolute Gasteiger partial charge is 0.496 e. The maximum absolute atomic E-state index is 13.0. The predicted octanol–water partition coefficient (Wildman–Crippen LogP) is 0.326. The summed E-state index contributed by atoms with van der Waals surface area (Å²) in [7, 11) is 1.25. The molecule has 2 atom stereocenters. The van der Waals surface area contributed by atoms with E-state index in [1.807, 2.05) is 0 Å². The van der Waals surface area contributed by atoms with Crippen molar-refractivity contribution in [2.45, 2.75) is 12.2 Å². The number of methoxy groups -OCH3 is 1. The molecule has 0 saturated heterocycles. The Hall–Kier alpha value is -1.24. The average Bonchev–Trinajstić information content (AvgIpc) is 2.30. The number of hydrogen-bond donors (Lipinski definition) is 3. The molecule has 1 aromatic rings. The summed E-state index contributed by atoms with van der Waals surface area (Å²) < 4.78 is 30.6. The second-order valence-electron chi connectivity index (χ2n) is 3.26. The van der Waals surface area contributed by atoms with Crippen LogP contribution in [0.1, 0.15) is 11.7 Å². The van der Waals surface area contributed by atoms with Gasteiger partial charge in [0.05, 0.1) is 13.2 Å². The molecule has 0 saturated carbocycles. The number of rotatable bonds is 4. The fourth-order valence-corrected chi connectivity index (χ4v) is 1.29. The average molecular weight is 233 g/mol. The number of nitrogens with two attached hydrogens (primary N) is 1. The van der Waals surface area contributed by atoms with Crippen LogP contribution in [0.15, 0.2) is 12.1 Å². The third-order valence-corrected chi connectivity index (χ3v) is 2.20. The smallest absolute Gasteiger partial charge is 0.162 e. The van der Waals surface area contributed by atoms with Crippen LogP contribution in [0.5, 0.6) is 5.75 Å². The molecule has 0 aliphatic rings. The topological polar surface area (TPSA) is 75.7 Å². The van der Waals surface area contributed by atoms with E-state index >= 15 is 0 Å². The summed E-state index contributed by atoms with van der Waals surface area (Å²) in [5.41, 5.74) is 5.11. The van der Waals surface area contributed by atoms with E-state index < -0.39 is 23.8 Å². The molecule has 16 heavy (non-hydrogen) atoms. The molecule has 2 unspecified atom stereocenters. The Kier molecular flexibility index (Phi) is 4.17. The van der Waals surface area contributed by atoms with Crippen molar-refractivity contribution in [3.63, 3.8) is 0 Å². The zero-order chi connectivity index (χ0) is 12.3. The van der Waals surface area contributed by atoms with Crippen LogP contribution in [-0.2, 0) is 0 Å². The number of aliphatic hydroxyl groups is 2. The third-order valence-electron chi connectivity index (χ3n) is 2.20. The molecule has 4 nitrogen and oxygen atoms in total. The lowest BCUT2D eigenvalue weighted by molar-refractivity contribution is 0.0226. The van der Waals surface area contributed by atoms with Gasteiger partial charge in [0, 0.05) is 18.2 Å². The SMILES string of the molecule is COc1cc(F)c(F)cc1C(O)C(O)CN. The lowest BCUT2D eigenvalue weighted by Gasteiger charge is -2.19. The lowest BCUT2D eigenvalue weighted by Crippen LogP contribution is -2.27. The fraction of sp³-hybridized carbons (Fsp3) is 0.400. The van der Waals surface area contributed by atoms with E-state index in [0.29, 0.717) is 0 Å². The Morgan fingerprint density at radius 2 is 1.88 bits per heavy atom. The van der Waals surface area contributed by atoms with E-state index in [1.54, 1.807) is 0 Å². The third kappa shape index (κ3) is 2.46. The maximum Gasteiger partial charge on any atom is 0.162 e. The number of hydrogen-bond acceptors (Lipinski definition) is 4. The van der Waals surface area contributed by atoms with Crippen LogP contribution in [0.2, 0.25) is 0 Å². The van der Waals surface area contributed by atoms with Crippen LogP contribution in [0.3, 0.4) is 0 Å². The summed E-state index contributed by atoms with van der Waals surface area (Å²) >= 11 is 0. The molecule has 0 heterocycles. The molecule has 1 aromatic carbocycles. The minimum Gasteiger partial charge on any atom is -0.496 e. The molecular weight excluding hydrogens is 220 g/mol. The van der Waals surface area contributed by atoms with Crippen molar-refractivity contribution in [2.75, 3.05) is 13.7 Å². The van der Waals surface area contributed by atoms with Gasteiger partial charge < -0.3 is 20.7 Å². The fourth-order valence-electron chi connectivity index (χ4n) is 1.29. The van der Waals surface area contributed by atoms with Gasteiger partial charge in [0.15, 0.2) is 11.6 Å². The molecule has 0 radical (unpaired) electrons. The van der Waals surface area contributed by atoms with Crippen molar-refractivity contribution in [3.8, 4) is 5.75 Å². The number of ether oxygens (including phenoxy) is 1. The molecule has 4 N–H and O–H groups in total. The predicted molar refractivity (Wildman–Crippen MR) is 52.9 cm³/mol. The summed E-state index contributed by atoms with van der Waals surface area (Å²) in [5.74, 6) is -2.26. The first-order valence-corrected chi connectivity index (χ1v) is 4.60. The summed E-state index contributed by atoms with van der Waals surface area (Å²) in [4.78, 5) is 0. The van der Waals surface area contributed by atoms with E-state index in [0.717, 1.165) is 12.1 Å². The Morgan fingerprint density at radius 3 is 2.38 bits per heavy atom. The number of halogens is 2. The van der Waals surface area contributed by atoms with Gasteiger partial charge in [-0.25, -0.2) is 8.78 Å². The van der Waals surface area contributed by atoms with E-state index in [-0.39, 0.29) is 17.9 Å². The molecule has 0 aliphatic carbocycles. The zero-order valence-electron chi connectivity index (χ0n) is 8.65. The van der Waals surface area contributed by atoms with E-state index in [4.69, 9.17) is 10.5 Å². The standard InChI is InChI=1S/C10H13F2NO3/c1-16-9-3-7(12)6(11)2-5(9)10(15)8(14)4-13/h2-3,8,10,14-15H,4,13H2,1H3. The number of benzene rings is 1. The van der Waals surface area contributed by atoms with E-state index in [2.05, 4.69) is 0 Å². The highest BCUT2D eigenvalue weighted by Crippen LogP contribution is 2.29. The van der Waals surface area contributed by atoms with E-state index in [9.17, 15) is 19.0 Å². The maximum atomic E-state index is 13.0. The molecule has 0 bridgehead atoms. The van der Waals surface area contributed by atoms with Gasteiger partial charge in [0.1, 0.15) is 11.9 Å². The van der Waals surface area contributed by atoms with Crippen LogP contribution in [0, 0.1) is 11.6 Å². The van der Waals surface area contributed by atoms with Gasteiger partial charge in [-0.1, -0.05) is 0 Å². The second-order valence-corrected chi connectivity index (χ2v) is 3.26. The molecule has 0 spiro atoms. The summed E-state index contributed by atoms with van der Waals surface area (Å²) in [6, 6.07) is 1.58. The first-order chi connectivity index (χ1) is 7.51. The molecular formula is C10H13F2NO3. The molecule has 0 aromatic heterocycles. The minimum atomic E-state index is -1.42. The van der Waals surface area contributed by atoms with Gasteiger partial charge in [-0.05, 0) is 6.07 Å². The van der Waals surface area contributed by atoms with Gasteiger partial charge in [-0.15, -0.1) is 0 Å². The highest BCUT2D eigenvalue weighted by Gasteiger charge is 2.22. The summed E-state index contributed by atoms with van der Waals surface area (Å²) in [6.07, 6.45) is -2.69. The second kappa shape index (κ2) is 5.20. The Morgan fingerprint density at radius 1 is 1.31 bits per heavy atom. The van der Waals surface area contributed by atoms with Crippen molar-refractivity contribution < 1.29 is 23.7 Å². The van der Waals surface area contributed by atoms with Gasteiger partial charge in [-0.2, -0.15) is 0 Å². The van der Waals surface area contributed by atoms with Gasteiger partial charge in [0.2, 0.25) is 0 Å². The van der Waals surface area contributed by atoms with Crippen LogP contribution < -0.4 is 10.5 Å². The van der Waals surface area contributed by atoms with Crippen molar-refractivity contribution >= 4 is 0 Å². The van der Waals surface area contributed by atoms with Crippen LogP contribution in [0.25, 0.3) is 0 Å².